The van der Waals surface area contributed by atoms with Gasteiger partial charge in [0.2, 0.25) is 15.9 Å². The van der Waals surface area contributed by atoms with E-state index in [2.05, 4.69) is 15.0 Å². The quantitative estimate of drug-likeness (QED) is 0.454. The van der Waals surface area contributed by atoms with Crippen LogP contribution in [-0.4, -0.2) is 44.0 Å². The van der Waals surface area contributed by atoms with Crippen LogP contribution in [0.5, 0.6) is 5.75 Å². The fraction of sp³-hybridized carbons (Fsp3) is 0.300. The van der Waals surface area contributed by atoms with Crippen molar-refractivity contribution in [2.75, 3.05) is 23.9 Å². The van der Waals surface area contributed by atoms with Crippen LogP contribution < -0.4 is 14.8 Å². The number of amides is 1. The molecule has 7 nitrogen and oxygen atoms in total. The van der Waals surface area contributed by atoms with Gasteiger partial charge in [0.1, 0.15) is 22.5 Å². The van der Waals surface area contributed by atoms with Gasteiger partial charge in [-0.15, -0.1) is 0 Å². The number of thioether (sulfide) groups is 1. The molecule has 0 fully saturated rings. The van der Waals surface area contributed by atoms with Crippen LogP contribution in [0.25, 0.3) is 10.2 Å². The van der Waals surface area contributed by atoms with Crippen LogP contribution in [-0.2, 0) is 14.8 Å². The maximum atomic E-state index is 14.0. The lowest BCUT2D eigenvalue weighted by atomic mass is 10.2. The summed E-state index contributed by atoms with van der Waals surface area (Å²) in [6, 6.07) is 9.37. The summed E-state index contributed by atoms with van der Waals surface area (Å²) in [5.41, 5.74) is 0.691. The SMILES string of the molecule is CCOc1ccc2nc(NC(=O)C(CCSC)NS(=O)(=O)c3ccccc3F)sc2c1. The molecule has 0 saturated carbocycles. The zero-order valence-electron chi connectivity index (χ0n) is 16.9. The summed E-state index contributed by atoms with van der Waals surface area (Å²) >= 11 is 2.73. The van der Waals surface area contributed by atoms with Crippen molar-refractivity contribution < 1.29 is 22.3 Å². The van der Waals surface area contributed by atoms with Crippen molar-refractivity contribution in [3.8, 4) is 5.75 Å². The Bertz CT molecular complexity index is 1170. The van der Waals surface area contributed by atoms with Crippen molar-refractivity contribution in [1.29, 1.82) is 0 Å². The van der Waals surface area contributed by atoms with E-state index in [1.807, 2.05) is 19.2 Å². The number of hydrogen-bond donors (Lipinski definition) is 2. The van der Waals surface area contributed by atoms with E-state index in [4.69, 9.17) is 4.74 Å². The number of carbonyl (C=O) groups is 1. The minimum atomic E-state index is -4.22. The first-order chi connectivity index (χ1) is 14.8. The molecule has 166 valence electrons. The average Bonchev–Trinajstić information content (AvgIpc) is 3.13. The van der Waals surface area contributed by atoms with Gasteiger partial charge in [0.05, 0.1) is 16.8 Å². The largest absolute Gasteiger partial charge is 0.494 e. The highest BCUT2D eigenvalue weighted by Crippen LogP contribution is 2.29. The number of carbonyl (C=O) groups excluding carboxylic acids is 1. The smallest absolute Gasteiger partial charge is 0.244 e. The number of anilines is 1. The first-order valence-electron chi connectivity index (χ1n) is 9.44. The molecule has 1 unspecified atom stereocenters. The molecule has 0 radical (unpaired) electrons. The van der Waals surface area contributed by atoms with Crippen LogP contribution >= 0.6 is 23.1 Å². The Morgan fingerprint density at radius 3 is 2.77 bits per heavy atom. The summed E-state index contributed by atoms with van der Waals surface area (Å²) in [5.74, 6) is -0.199. The maximum absolute atomic E-state index is 14.0. The third kappa shape index (κ3) is 5.94. The standard InChI is InChI=1S/C20H22FN3O4S3/c1-3-28-13-8-9-15-17(12-13)30-20(22-15)23-19(25)16(10-11-29-2)24-31(26,27)18-7-5-4-6-14(18)21/h4-9,12,16,24H,3,10-11H2,1-2H3,(H,22,23,25). The van der Waals surface area contributed by atoms with Crippen molar-refractivity contribution in [2.24, 2.45) is 0 Å². The number of nitrogens with zero attached hydrogens (tertiary/aromatic N) is 1. The van der Waals surface area contributed by atoms with Gasteiger partial charge in [0.25, 0.3) is 0 Å². The van der Waals surface area contributed by atoms with Gasteiger partial charge in [-0.1, -0.05) is 23.5 Å². The second kappa shape index (κ2) is 10.4. The number of thiazole rings is 1. The summed E-state index contributed by atoms with van der Waals surface area (Å²) in [7, 11) is -4.22. The van der Waals surface area contributed by atoms with Gasteiger partial charge < -0.3 is 10.1 Å². The second-order valence-corrected chi connectivity index (χ2v) is 10.2. The molecular formula is C20H22FN3O4S3. The molecule has 2 N–H and O–H groups in total. The lowest BCUT2D eigenvalue weighted by Gasteiger charge is -2.17. The number of nitrogens with one attached hydrogen (secondary N) is 2. The molecule has 31 heavy (non-hydrogen) atoms. The molecular weight excluding hydrogens is 461 g/mol. The molecule has 0 spiro atoms. The summed E-state index contributed by atoms with van der Waals surface area (Å²) in [6.45, 7) is 2.42. The third-order valence-corrected chi connectivity index (χ3v) is 7.33. The molecule has 0 aliphatic heterocycles. The van der Waals surface area contributed by atoms with Gasteiger partial charge >= 0.3 is 0 Å². The molecule has 0 bridgehead atoms. The van der Waals surface area contributed by atoms with E-state index < -0.39 is 32.7 Å². The number of fused-ring (bicyclic) bond motifs is 1. The van der Waals surface area contributed by atoms with Crippen molar-refractivity contribution in [3.05, 3.63) is 48.3 Å². The monoisotopic (exact) mass is 483 g/mol. The Labute approximate surface area is 188 Å². The zero-order chi connectivity index (χ0) is 22.4. The Morgan fingerprint density at radius 2 is 2.06 bits per heavy atom. The number of hydrogen-bond acceptors (Lipinski definition) is 7. The highest BCUT2D eigenvalue weighted by molar-refractivity contribution is 7.98. The molecule has 1 heterocycles. The van der Waals surface area contributed by atoms with Crippen molar-refractivity contribution in [2.45, 2.75) is 24.3 Å². The van der Waals surface area contributed by atoms with E-state index in [9.17, 15) is 17.6 Å². The zero-order valence-corrected chi connectivity index (χ0v) is 19.4. The van der Waals surface area contributed by atoms with Crippen molar-refractivity contribution >= 4 is 54.4 Å². The van der Waals surface area contributed by atoms with Crippen LogP contribution in [0, 0.1) is 5.82 Å². The molecule has 0 aliphatic rings. The molecule has 2 aromatic carbocycles. The van der Waals surface area contributed by atoms with Crippen LogP contribution in [0.3, 0.4) is 0 Å². The van der Waals surface area contributed by atoms with Crippen LogP contribution in [0.4, 0.5) is 9.52 Å². The summed E-state index contributed by atoms with van der Waals surface area (Å²) < 4.78 is 47.9. The Hall–Kier alpha value is -2.21. The third-order valence-electron chi connectivity index (χ3n) is 4.25. The van der Waals surface area contributed by atoms with E-state index in [0.717, 1.165) is 16.8 Å². The summed E-state index contributed by atoms with van der Waals surface area (Å²) in [6.07, 6.45) is 2.09. The van der Waals surface area contributed by atoms with E-state index in [-0.39, 0.29) is 6.42 Å². The number of benzene rings is 2. The summed E-state index contributed by atoms with van der Waals surface area (Å²) in [5, 5.41) is 3.02. The van der Waals surface area contributed by atoms with Crippen LogP contribution in [0.1, 0.15) is 13.3 Å². The van der Waals surface area contributed by atoms with Gasteiger partial charge in [-0.25, -0.2) is 17.8 Å². The van der Waals surface area contributed by atoms with E-state index in [1.165, 1.54) is 35.2 Å². The van der Waals surface area contributed by atoms with Gasteiger partial charge in [-0.05, 0) is 55.7 Å². The van der Waals surface area contributed by atoms with Crippen LogP contribution in [0.2, 0.25) is 0 Å². The number of ether oxygens (including phenoxy) is 1. The lowest BCUT2D eigenvalue weighted by molar-refractivity contribution is -0.117. The number of aromatic nitrogens is 1. The van der Waals surface area contributed by atoms with E-state index in [0.29, 0.717) is 28.8 Å². The second-order valence-electron chi connectivity index (χ2n) is 6.46. The van der Waals surface area contributed by atoms with Gasteiger partial charge in [-0.3, -0.25) is 4.79 Å². The van der Waals surface area contributed by atoms with Gasteiger partial charge in [0.15, 0.2) is 5.13 Å². The van der Waals surface area contributed by atoms with Crippen molar-refractivity contribution in [3.63, 3.8) is 0 Å². The first-order valence-corrected chi connectivity index (χ1v) is 13.1. The van der Waals surface area contributed by atoms with Gasteiger partial charge in [-0.2, -0.15) is 16.5 Å². The minimum Gasteiger partial charge on any atom is -0.494 e. The molecule has 1 amide bonds. The number of halogens is 1. The molecule has 3 rings (SSSR count). The molecule has 11 heteroatoms. The molecule has 1 aromatic heterocycles. The number of sulfonamides is 1. The predicted octanol–water partition coefficient (Wildman–Crippen LogP) is 3.87. The normalized spacial score (nSPS) is 12.6. The number of rotatable bonds is 10. The van der Waals surface area contributed by atoms with Crippen molar-refractivity contribution in [1.82, 2.24) is 9.71 Å². The average molecular weight is 484 g/mol. The maximum Gasteiger partial charge on any atom is 0.244 e. The topological polar surface area (TPSA) is 97.4 Å². The highest BCUT2D eigenvalue weighted by atomic mass is 32.2. The fourth-order valence-corrected chi connectivity index (χ4v) is 5.48. The Kier molecular flexibility index (Phi) is 7.87. The molecule has 1 atom stereocenters. The molecule has 0 aliphatic carbocycles. The van der Waals surface area contributed by atoms with Crippen LogP contribution in [0.15, 0.2) is 47.4 Å². The van der Waals surface area contributed by atoms with E-state index >= 15 is 0 Å². The Balaban J connectivity index is 1.80. The fourth-order valence-electron chi connectivity index (χ4n) is 2.80. The summed E-state index contributed by atoms with van der Waals surface area (Å²) in [4.78, 5) is 16.7. The minimum absolute atomic E-state index is 0.236. The molecule has 0 saturated heterocycles. The molecule has 3 aromatic rings. The van der Waals surface area contributed by atoms with E-state index in [1.54, 1.807) is 12.1 Å². The first kappa shape index (κ1) is 23.5. The predicted molar refractivity (Wildman–Crippen MR) is 123 cm³/mol. The Morgan fingerprint density at radius 1 is 1.29 bits per heavy atom. The highest BCUT2D eigenvalue weighted by Gasteiger charge is 2.28. The lowest BCUT2D eigenvalue weighted by Crippen LogP contribution is -2.44. The van der Waals surface area contributed by atoms with Gasteiger partial charge in [0, 0.05) is 0 Å².